The summed E-state index contributed by atoms with van der Waals surface area (Å²) >= 11 is 0. The van der Waals surface area contributed by atoms with Gasteiger partial charge >= 0.3 is 21.5 Å². The van der Waals surface area contributed by atoms with E-state index in [0.29, 0.717) is 37.5 Å². The summed E-state index contributed by atoms with van der Waals surface area (Å²) in [5.74, 6) is 0.272. The molecule has 0 heterocycles. The van der Waals surface area contributed by atoms with Gasteiger partial charge in [0.1, 0.15) is 0 Å². The summed E-state index contributed by atoms with van der Waals surface area (Å²) in [6, 6.07) is 0. The average Bonchev–Trinajstić information content (AvgIpc) is 2.33. The first-order valence-electron chi connectivity index (χ1n) is 7.46. The molecule has 134 valence electrons. The van der Waals surface area contributed by atoms with Crippen molar-refractivity contribution in [2.45, 2.75) is 55.7 Å². The maximum atomic E-state index is 13.6. The Balaban J connectivity index is 1.85. The first-order valence-corrected chi connectivity index (χ1v) is 8.90. The Hall–Kier alpha value is -0.480. The lowest BCUT2D eigenvalue weighted by molar-refractivity contribution is -0.296. The molecule has 4 rings (SSSR count). The predicted octanol–water partition coefficient (Wildman–Crippen LogP) is 3.24. The van der Waals surface area contributed by atoms with Crippen molar-refractivity contribution in [1.29, 1.82) is 0 Å². The molecular weight excluding hydrogens is 347 g/mol. The van der Waals surface area contributed by atoms with E-state index < -0.39 is 33.8 Å². The normalized spacial score (nSPS) is 38.8. The van der Waals surface area contributed by atoms with Crippen LogP contribution in [0.3, 0.4) is 0 Å². The first-order chi connectivity index (χ1) is 10.4. The fourth-order valence-electron chi connectivity index (χ4n) is 4.74. The van der Waals surface area contributed by atoms with Crippen molar-refractivity contribution in [2.24, 2.45) is 23.7 Å². The van der Waals surface area contributed by atoms with Crippen LogP contribution in [0.15, 0.2) is 0 Å². The van der Waals surface area contributed by atoms with Crippen LogP contribution < -0.4 is 0 Å². The van der Waals surface area contributed by atoms with Gasteiger partial charge in [-0.25, -0.2) is 0 Å². The zero-order valence-corrected chi connectivity index (χ0v) is 12.8. The lowest BCUT2D eigenvalue weighted by Crippen LogP contribution is -2.57. The van der Waals surface area contributed by atoms with E-state index in [2.05, 4.69) is 4.74 Å². The van der Waals surface area contributed by atoms with Crippen molar-refractivity contribution in [3.8, 4) is 0 Å². The predicted molar refractivity (Wildman–Crippen MR) is 68.3 cm³/mol. The minimum Gasteiger partial charge on any atom is -0.358 e. The van der Waals surface area contributed by atoms with E-state index in [0.717, 1.165) is 6.42 Å². The second-order valence-electron chi connectivity index (χ2n) is 6.99. The van der Waals surface area contributed by atoms with Crippen molar-refractivity contribution in [3.05, 3.63) is 0 Å². The third-order valence-electron chi connectivity index (χ3n) is 5.38. The van der Waals surface area contributed by atoms with Crippen molar-refractivity contribution in [3.63, 3.8) is 0 Å². The van der Waals surface area contributed by atoms with Crippen LogP contribution in [-0.4, -0.2) is 36.6 Å². The molecule has 4 saturated carbocycles. The Morgan fingerprint density at radius 2 is 1.35 bits per heavy atom. The molecule has 10 heteroatoms. The summed E-state index contributed by atoms with van der Waals surface area (Å²) in [6.07, 6.45) is -6.98. The fraction of sp³-hybridized carbons (Fsp3) is 1.00. The van der Waals surface area contributed by atoms with Crippen molar-refractivity contribution >= 4 is 10.1 Å². The highest BCUT2D eigenvalue weighted by Gasteiger charge is 2.66. The molecule has 0 spiro atoms. The molecule has 1 atom stereocenters. The van der Waals surface area contributed by atoms with Crippen LogP contribution in [0, 0.1) is 23.7 Å². The number of hydrogen-bond acceptors (Lipinski definition) is 3. The Bertz CT molecular complexity index is 545. The maximum absolute atomic E-state index is 13.6. The molecule has 4 nitrogen and oxygen atoms in total. The Morgan fingerprint density at radius 3 is 1.70 bits per heavy atom. The van der Waals surface area contributed by atoms with Gasteiger partial charge in [-0.05, 0) is 55.8 Å². The molecule has 4 bridgehead atoms. The first kappa shape index (κ1) is 17.3. The lowest BCUT2D eigenvalue weighted by Gasteiger charge is -2.54. The highest BCUT2D eigenvalue weighted by atomic mass is 32.2. The number of alkyl halides is 5. The van der Waals surface area contributed by atoms with Gasteiger partial charge in [0.2, 0.25) is 6.10 Å². The van der Waals surface area contributed by atoms with Crippen molar-refractivity contribution in [2.75, 3.05) is 0 Å². The van der Waals surface area contributed by atoms with Crippen LogP contribution in [0.2, 0.25) is 0 Å². The second kappa shape index (κ2) is 5.26. The second-order valence-corrected chi connectivity index (χ2v) is 8.48. The largest absolute Gasteiger partial charge is 0.421 e. The van der Waals surface area contributed by atoms with Crippen LogP contribution in [0.4, 0.5) is 22.0 Å². The van der Waals surface area contributed by atoms with Gasteiger partial charge in [0.25, 0.3) is 0 Å². The van der Waals surface area contributed by atoms with Gasteiger partial charge in [-0.3, -0.25) is 4.55 Å². The van der Waals surface area contributed by atoms with Crippen LogP contribution in [-0.2, 0) is 14.9 Å². The summed E-state index contributed by atoms with van der Waals surface area (Å²) in [5, 5.41) is -5.43. The van der Waals surface area contributed by atoms with Gasteiger partial charge in [0.05, 0.1) is 6.10 Å². The standard InChI is InChI=1S/C13H17F5O4S/c14-12(15,16)11(13(17,18)23(19,20)21)22-10-8-2-6-1-7(4-8)5-9(10)3-6/h6-11H,1-5H2,(H,19,20,21). The average molecular weight is 364 g/mol. The topological polar surface area (TPSA) is 63.6 Å². The number of hydrogen-bond donors (Lipinski definition) is 1. The molecule has 1 unspecified atom stereocenters. The number of halogens is 5. The number of ether oxygens (including phenoxy) is 1. The lowest BCUT2D eigenvalue weighted by atomic mass is 9.55. The van der Waals surface area contributed by atoms with Gasteiger partial charge < -0.3 is 4.74 Å². The van der Waals surface area contributed by atoms with E-state index in [4.69, 9.17) is 4.55 Å². The van der Waals surface area contributed by atoms with Crippen LogP contribution >= 0.6 is 0 Å². The molecule has 0 saturated heterocycles. The van der Waals surface area contributed by atoms with Gasteiger partial charge in [-0.2, -0.15) is 30.4 Å². The molecule has 0 radical (unpaired) electrons. The van der Waals surface area contributed by atoms with Crippen LogP contribution in [0.25, 0.3) is 0 Å². The van der Waals surface area contributed by atoms with E-state index in [9.17, 15) is 30.4 Å². The monoisotopic (exact) mass is 364 g/mol. The van der Waals surface area contributed by atoms with Crippen molar-refractivity contribution in [1.82, 2.24) is 0 Å². The maximum Gasteiger partial charge on any atom is 0.421 e. The van der Waals surface area contributed by atoms with Crippen LogP contribution in [0.1, 0.15) is 32.1 Å². The molecule has 23 heavy (non-hydrogen) atoms. The van der Waals surface area contributed by atoms with E-state index in [1.807, 2.05) is 0 Å². The Morgan fingerprint density at radius 1 is 0.913 bits per heavy atom. The zero-order chi connectivity index (χ0) is 17.2. The summed E-state index contributed by atoms with van der Waals surface area (Å²) in [4.78, 5) is 0. The quantitative estimate of drug-likeness (QED) is 0.614. The number of rotatable bonds is 4. The smallest absolute Gasteiger partial charge is 0.358 e. The molecule has 1 N–H and O–H groups in total. The van der Waals surface area contributed by atoms with Gasteiger partial charge in [0, 0.05) is 0 Å². The fourth-order valence-corrected chi connectivity index (χ4v) is 5.20. The molecule has 0 aliphatic heterocycles. The molecule has 0 amide bonds. The molecular formula is C13H17F5O4S. The zero-order valence-electron chi connectivity index (χ0n) is 12.0. The van der Waals surface area contributed by atoms with Gasteiger partial charge in [-0.15, -0.1) is 0 Å². The SMILES string of the molecule is O=S(=O)(O)C(F)(F)C(OC1C2CC3CC(C2)CC1C3)C(F)(F)F. The highest BCUT2D eigenvalue weighted by molar-refractivity contribution is 7.86. The van der Waals surface area contributed by atoms with E-state index in [-0.39, 0.29) is 11.8 Å². The summed E-state index contributed by atoms with van der Waals surface area (Å²) in [7, 11) is -6.24. The molecule has 4 fully saturated rings. The van der Waals surface area contributed by atoms with Crippen molar-refractivity contribution < 1.29 is 39.7 Å². The van der Waals surface area contributed by atoms with E-state index in [1.54, 1.807) is 0 Å². The molecule has 0 aromatic carbocycles. The molecule has 0 aromatic heterocycles. The Kier molecular flexibility index (Phi) is 3.96. The minimum atomic E-state index is -6.24. The molecule has 4 aliphatic carbocycles. The third kappa shape index (κ3) is 2.97. The van der Waals surface area contributed by atoms with E-state index >= 15 is 0 Å². The van der Waals surface area contributed by atoms with E-state index in [1.165, 1.54) is 0 Å². The van der Waals surface area contributed by atoms with Gasteiger partial charge in [-0.1, -0.05) is 0 Å². The summed E-state index contributed by atoms with van der Waals surface area (Å²) < 4.78 is 101. The highest BCUT2D eigenvalue weighted by Crippen LogP contribution is 2.55. The summed E-state index contributed by atoms with van der Waals surface area (Å²) in [6.45, 7) is 0. The Labute approximate surface area is 130 Å². The summed E-state index contributed by atoms with van der Waals surface area (Å²) in [5.41, 5.74) is 0. The molecule has 0 aromatic rings. The minimum absolute atomic E-state index is 0.256. The van der Waals surface area contributed by atoms with Gasteiger partial charge in [0.15, 0.2) is 0 Å². The molecule has 4 aliphatic rings. The van der Waals surface area contributed by atoms with Crippen LogP contribution in [0.5, 0.6) is 0 Å². The third-order valence-corrected chi connectivity index (χ3v) is 6.28.